The summed E-state index contributed by atoms with van der Waals surface area (Å²) in [6.07, 6.45) is -5.42. The molecule has 0 spiro atoms. The molecule has 0 aromatic heterocycles. The average molecular weight is 411 g/mol. The van der Waals surface area contributed by atoms with Gasteiger partial charge in [-0.25, -0.2) is 0 Å². The van der Waals surface area contributed by atoms with Crippen LogP contribution in [0.25, 0.3) is 0 Å². The Kier molecular flexibility index (Phi) is 8.69. The quantitative estimate of drug-likeness (QED) is 0.404. The standard InChI is InChI=1S/C21H27ClO6/c1-2-28-16-6-3-13(4-7-16)9-15-10-14(5-8-17(15)22)11-18(24)20(26)21(27)19(25)12-23/h3-8,10,18-21,23-27H,2,9,11-12H2,1H3/t18-,19+,20+,21+/m0/s1. The first-order valence-corrected chi connectivity index (χ1v) is 9.55. The van der Waals surface area contributed by atoms with Crippen molar-refractivity contribution >= 4 is 11.6 Å². The second-order valence-corrected chi connectivity index (χ2v) is 7.09. The van der Waals surface area contributed by atoms with Crippen LogP contribution in [0.4, 0.5) is 0 Å². The number of hydrogen-bond acceptors (Lipinski definition) is 6. The van der Waals surface area contributed by atoms with E-state index in [0.29, 0.717) is 18.1 Å². The molecule has 4 atom stereocenters. The van der Waals surface area contributed by atoms with E-state index < -0.39 is 31.0 Å². The van der Waals surface area contributed by atoms with Gasteiger partial charge in [-0.05, 0) is 48.2 Å². The van der Waals surface area contributed by atoms with Crippen molar-refractivity contribution in [3.63, 3.8) is 0 Å². The Morgan fingerprint density at radius 3 is 2.11 bits per heavy atom. The van der Waals surface area contributed by atoms with E-state index in [4.69, 9.17) is 21.4 Å². The molecule has 0 aliphatic rings. The van der Waals surface area contributed by atoms with Gasteiger partial charge in [0, 0.05) is 11.4 Å². The molecule has 2 aromatic carbocycles. The molecular weight excluding hydrogens is 384 g/mol. The van der Waals surface area contributed by atoms with E-state index in [1.807, 2.05) is 37.3 Å². The van der Waals surface area contributed by atoms with Crippen LogP contribution in [-0.2, 0) is 12.8 Å². The van der Waals surface area contributed by atoms with E-state index >= 15 is 0 Å². The number of aliphatic hydroxyl groups is 5. The average Bonchev–Trinajstić information content (AvgIpc) is 2.70. The van der Waals surface area contributed by atoms with Gasteiger partial charge in [0.1, 0.15) is 24.1 Å². The molecule has 154 valence electrons. The third-order valence-corrected chi connectivity index (χ3v) is 4.88. The first kappa shape index (κ1) is 22.6. The molecule has 2 aromatic rings. The van der Waals surface area contributed by atoms with Crippen LogP contribution in [0.15, 0.2) is 42.5 Å². The lowest BCUT2D eigenvalue weighted by Gasteiger charge is -2.25. The molecule has 5 N–H and O–H groups in total. The molecule has 0 unspecified atom stereocenters. The van der Waals surface area contributed by atoms with Crippen LogP contribution in [0.2, 0.25) is 5.02 Å². The third kappa shape index (κ3) is 6.17. The summed E-state index contributed by atoms with van der Waals surface area (Å²) in [5, 5.41) is 48.7. The summed E-state index contributed by atoms with van der Waals surface area (Å²) in [4.78, 5) is 0. The molecule has 2 rings (SSSR count). The lowest BCUT2D eigenvalue weighted by atomic mass is 9.95. The Bertz CT molecular complexity index is 736. The maximum atomic E-state index is 10.2. The van der Waals surface area contributed by atoms with E-state index in [1.54, 1.807) is 12.1 Å². The Morgan fingerprint density at radius 2 is 1.50 bits per heavy atom. The summed E-state index contributed by atoms with van der Waals surface area (Å²) in [5.74, 6) is 0.798. The van der Waals surface area contributed by atoms with Crippen LogP contribution in [0.3, 0.4) is 0 Å². The molecule has 7 heteroatoms. The van der Waals surface area contributed by atoms with Crippen molar-refractivity contribution in [1.82, 2.24) is 0 Å². The minimum Gasteiger partial charge on any atom is -0.494 e. The number of aliphatic hydroxyl groups excluding tert-OH is 5. The summed E-state index contributed by atoms with van der Waals surface area (Å²) in [6, 6.07) is 13.0. The summed E-state index contributed by atoms with van der Waals surface area (Å²) < 4.78 is 5.43. The normalized spacial score (nSPS) is 15.7. The highest BCUT2D eigenvalue weighted by Gasteiger charge is 2.30. The highest BCUT2D eigenvalue weighted by molar-refractivity contribution is 6.31. The molecular formula is C21H27ClO6. The molecule has 0 bridgehead atoms. The number of ether oxygens (including phenoxy) is 1. The second-order valence-electron chi connectivity index (χ2n) is 6.68. The van der Waals surface area contributed by atoms with Crippen LogP contribution in [0.1, 0.15) is 23.6 Å². The predicted octanol–water partition coefficient (Wildman–Crippen LogP) is 1.31. The van der Waals surface area contributed by atoms with Crippen LogP contribution >= 0.6 is 11.6 Å². The van der Waals surface area contributed by atoms with Gasteiger partial charge >= 0.3 is 0 Å². The largest absolute Gasteiger partial charge is 0.494 e. The predicted molar refractivity (Wildman–Crippen MR) is 107 cm³/mol. The van der Waals surface area contributed by atoms with Crippen LogP contribution in [0, 0.1) is 0 Å². The molecule has 0 heterocycles. The Labute approximate surface area is 169 Å². The van der Waals surface area contributed by atoms with Gasteiger partial charge in [0.15, 0.2) is 0 Å². The van der Waals surface area contributed by atoms with E-state index in [0.717, 1.165) is 22.4 Å². The van der Waals surface area contributed by atoms with Gasteiger partial charge in [-0.3, -0.25) is 0 Å². The van der Waals surface area contributed by atoms with E-state index in [-0.39, 0.29) is 6.42 Å². The van der Waals surface area contributed by atoms with Gasteiger partial charge < -0.3 is 30.3 Å². The van der Waals surface area contributed by atoms with Crippen molar-refractivity contribution in [2.45, 2.75) is 44.2 Å². The SMILES string of the molecule is CCOc1ccc(Cc2cc(C[C@H](O)[C@@H](O)[C@H](O)[C@H](O)CO)ccc2Cl)cc1. The first-order valence-electron chi connectivity index (χ1n) is 9.17. The molecule has 0 saturated heterocycles. The lowest BCUT2D eigenvalue weighted by Crippen LogP contribution is -2.46. The Hall–Kier alpha value is -1.67. The minimum absolute atomic E-state index is 0.0593. The zero-order valence-electron chi connectivity index (χ0n) is 15.7. The van der Waals surface area contributed by atoms with Crippen molar-refractivity contribution in [1.29, 1.82) is 0 Å². The monoisotopic (exact) mass is 410 g/mol. The molecule has 0 fully saturated rings. The van der Waals surface area contributed by atoms with Crippen molar-refractivity contribution < 1.29 is 30.3 Å². The van der Waals surface area contributed by atoms with Crippen LogP contribution < -0.4 is 4.74 Å². The summed E-state index contributed by atoms with van der Waals surface area (Å²) in [6.45, 7) is 1.82. The zero-order valence-corrected chi connectivity index (χ0v) is 16.5. The van der Waals surface area contributed by atoms with Crippen molar-refractivity contribution in [3.8, 4) is 5.75 Å². The lowest BCUT2D eigenvalue weighted by molar-refractivity contribution is -0.114. The first-order chi connectivity index (χ1) is 13.3. The topological polar surface area (TPSA) is 110 Å². The second kappa shape index (κ2) is 10.8. The summed E-state index contributed by atoms with van der Waals surface area (Å²) >= 11 is 6.30. The molecule has 0 amide bonds. The van der Waals surface area contributed by atoms with Gasteiger partial charge in [0.2, 0.25) is 0 Å². The van der Waals surface area contributed by atoms with Gasteiger partial charge in [-0.15, -0.1) is 0 Å². The van der Waals surface area contributed by atoms with Gasteiger partial charge in [-0.2, -0.15) is 0 Å². The van der Waals surface area contributed by atoms with Gasteiger partial charge in [0.25, 0.3) is 0 Å². The fourth-order valence-corrected chi connectivity index (χ4v) is 3.09. The van der Waals surface area contributed by atoms with Crippen LogP contribution in [0.5, 0.6) is 5.75 Å². The third-order valence-electron chi connectivity index (χ3n) is 4.51. The Balaban J connectivity index is 2.07. The van der Waals surface area contributed by atoms with Gasteiger partial charge in [-0.1, -0.05) is 35.9 Å². The van der Waals surface area contributed by atoms with Crippen molar-refractivity contribution in [2.75, 3.05) is 13.2 Å². The number of halogens is 1. The number of rotatable bonds is 10. The fourth-order valence-electron chi connectivity index (χ4n) is 2.91. The van der Waals surface area contributed by atoms with E-state index in [1.165, 1.54) is 0 Å². The number of benzene rings is 2. The molecule has 28 heavy (non-hydrogen) atoms. The maximum absolute atomic E-state index is 10.2. The summed E-state index contributed by atoms with van der Waals surface area (Å²) in [5.41, 5.74) is 2.63. The smallest absolute Gasteiger partial charge is 0.119 e. The van der Waals surface area contributed by atoms with E-state index in [2.05, 4.69) is 0 Å². The van der Waals surface area contributed by atoms with Crippen LogP contribution in [-0.4, -0.2) is 63.2 Å². The minimum atomic E-state index is -1.64. The molecule has 0 aliphatic carbocycles. The number of hydrogen-bond donors (Lipinski definition) is 5. The molecule has 0 saturated carbocycles. The Morgan fingerprint density at radius 1 is 0.893 bits per heavy atom. The highest BCUT2D eigenvalue weighted by Crippen LogP contribution is 2.23. The van der Waals surface area contributed by atoms with Crippen molar-refractivity contribution in [2.24, 2.45) is 0 Å². The van der Waals surface area contributed by atoms with E-state index in [9.17, 15) is 20.4 Å². The molecule has 6 nitrogen and oxygen atoms in total. The molecule has 0 aliphatic heterocycles. The molecule has 0 radical (unpaired) electrons. The van der Waals surface area contributed by atoms with Crippen molar-refractivity contribution in [3.05, 3.63) is 64.2 Å². The van der Waals surface area contributed by atoms with Gasteiger partial charge in [0.05, 0.1) is 19.3 Å². The summed E-state index contributed by atoms with van der Waals surface area (Å²) in [7, 11) is 0. The fraction of sp³-hybridized carbons (Fsp3) is 0.429. The maximum Gasteiger partial charge on any atom is 0.119 e. The zero-order chi connectivity index (χ0) is 20.7. The highest BCUT2D eigenvalue weighted by atomic mass is 35.5.